The summed E-state index contributed by atoms with van der Waals surface area (Å²) in [5.41, 5.74) is 1.65. The third kappa shape index (κ3) is 3.59. The molecule has 1 saturated heterocycles. The number of rotatable bonds is 6. The molecular formula is C16H19N5O2S. The van der Waals surface area contributed by atoms with Crippen LogP contribution in [-0.4, -0.2) is 32.9 Å². The van der Waals surface area contributed by atoms with E-state index in [1.807, 2.05) is 19.1 Å². The van der Waals surface area contributed by atoms with E-state index in [-0.39, 0.29) is 11.8 Å². The summed E-state index contributed by atoms with van der Waals surface area (Å²) in [6.07, 6.45) is 4.76. The molecule has 0 unspecified atom stereocenters. The fourth-order valence-electron chi connectivity index (χ4n) is 2.65. The van der Waals surface area contributed by atoms with Gasteiger partial charge in [0.05, 0.1) is 5.69 Å². The number of hydrogen-bond donors (Lipinski definition) is 1. The minimum atomic E-state index is -0.163. The number of aryl methyl sites for hydroxylation is 1. The van der Waals surface area contributed by atoms with Gasteiger partial charge in [-0.15, -0.1) is 5.10 Å². The molecule has 1 aliphatic heterocycles. The van der Waals surface area contributed by atoms with Gasteiger partial charge in [-0.25, -0.2) is 4.98 Å². The molecule has 24 heavy (non-hydrogen) atoms. The van der Waals surface area contributed by atoms with E-state index < -0.39 is 0 Å². The zero-order chi connectivity index (χ0) is 16.9. The number of carbonyl (C=O) groups excluding carboxylic acids is 2. The van der Waals surface area contributed by atoms with Crippen molar-refractivity contribution < 1.29 is 9.59 Å². The topological polar surface area (TPSA) is 88.1 Å². The number of amides is 2. The van der Waals surface area contributed by atoms with Crippen LogP contribution in [0.2, 0.25) is 0 Å². The van der Waals surface area contributed by atoms with Crippen molar-refractivity contribution in [3.63, 3.8) is 0 Å². The Balaban J connectivity index is 1.65. The summed E-state index contributed by atoms with van der Waals surface area (Å²) < 4.78 is 3.87. The second kappa shape index (κ2) is 7.48. The summed E-state index contributed by atoms with van der Waals surface area (Å²) in [4.78, 5) is 30.6. The predicted octanol–water partition coefficient (Wildman–Crippen LogP) is 1.94. The molecule has 0 bridgehead atoms. The average molecular weight is 345 g/mol. The molecule has 1 aliphatic rings. The Morgan fingerprint density at radius 2 is 2.33 bits per heavy atom. The minimum Gasteiger partial charge on any atom is -0.347 e. The van der Waals surface area contributed by atoms with Crippen molar-refractivity contribution in [1.29, 1.82) is 0 Å². The highest BCUT2D eigenvalue weighted by atomic mass is 32.1. The molecule has 0 spiro atoms. The van der Waals surface area contributed by atoms with Crippen LogP contribution in [0.5, 0.6) is 0 Å². The van der Waals surface area contributed by atoms with E-state index in [0.29, 0.717) is 30.2 Å². The zero-order valence-electron chi connectivity index (χ0n) is 13.5. The number of nitrogens with one attached hydrogen (secondary N) is 1. The fraction of sp³-hybridized carbons (Fsp3) is 0.438. The summed E-state index contributed by atoms with van der Waals surface area (Å²) in [6, 6.07) is 3.68. The maximum atomic E-state index is 12.3. The van der Waals surface area contributed by atoms with E-state index in [2.05, 4.69) is 19.9 Å². The van der Waals surface area contributed by atoms with E-state index in [1.54, 1.807) is 11.1 Å². The Kier molecular flexibility index (Phi) is 5.14. The molecule has 1 N–H and O–H groups in total. The van der Waals surface area contributed by atoms with Crippen LogP contribution in [0.3, 0.4) is 0 Å². The van der Waals surface area contributed by atoms with Gasteiger partial charge in [-0.2, -0.15) is 0 Å². The Morgan fingerprint density at radius 1 is 1.46 bits per heavy atom. The molecule has 2 aromatic rings. The smallest absolute Gasteiger partial charge is 0.265 e. The number of aromatic nitrogens is 3. The van der Waals surface area contributed by atoms with E-state index in [9.17, 15) is 9.59 Å². The maximum Gasteiger partial charge on any atom is 0.265 e. The van der Waals surface area contributed by atoms with Crippen molar-refractivity contribution in [2.45, 2.75) is 39.2 Å². The second-order valence-corrected chi connectivity index (χ2v) is 6.41. The van der Waals surface area contributed by atoms with Crippen LogP contribution in [-0.2, 0) is 17.8 Å². The third-order valence-electron chi connectivity index (χ3n) is 3.86. The molecule has 3 heterocycles. The number of carbonyl (C=O) groups is 2. The molecule has 126 valence electrons. The Morgan fingerprint density at radius 3 is 3.08 bits per heavy atom. The SMILES string of the molecule is CCCc1nnsc1C(=O)NCc1ccnc(N2CCCC2=O)c1. The third-order valence-corrected chi connectivity index (χ3v) is 4.63. The van der Waals surface area contributed by atoms with Crippen LogP contribution in [0, 0.1) is 0 Å². The Hall–Kier alpha value is -2.35. The van der Waals surface area contributed by atoms with Crippen LogP contribution < -0.4 is 10.2 Å². The monoisotopic (exact) mass is 345 g/mol. The molecule has 0 radical (unpaired) electrons. The van der Waals surface area contributed by atoms with Gasteiger partial charge in [0.1, 0.15) is 10.7 Å². The number of anilines is 1. The summed E-state index contributed by atoms with van der Waals surface area (Å²) >= 11 is 1.12. The lowest BCUT2D eigenvalue weighted by atomic mass is 10.2. The largest absolute Gasteiger partial charge is 0.347 e. The van der Waals surface area contributed by atoms with Crippen molar-refractivity contribution in [3.8, 4) is 0 Å². The number of hydrogen-bond acceptors (Lipinski definition) is 6. The standard InChI is InChI=1S/C16H19N5O2S/c1-2-4-12-15(24-20-19-12)16(23)18-10-11-6-7-17-13(9-11)21-8-3-5-14(21)22/h6-7,9H,2-5,8,10H2,1H3,(H,18,23). The van der Waals surface area contributed by atoms with Crippen LogP contribution in [0.4, 0.5) is 5.82 Å². The molecule has 0 aromatic carbocycles. The molecule has 3 rings (SSSR count). The molecule has 2 aromatic heterocycles. The number of pyridine rings is 1. The van der Waals surface area contributed by atoms with Gasteiger partial charge in [0, 0.05) is 25.7 Å². The highest BCUT2D eigenvalue weighted by Gasteiger charge is 2.23. The van der Waals surface area contributed by atoms with Gasteiger partial charge in [-0.05, 0) is 42.1 Å². The van der Waals surface area contributed by atoms with E-state index in [4.69, 9.17) is 0 Å². The van der Waals surface area contributed by atoms with Crippen molar-refractivity contribution in [1.82, 2.24) is 19.9 Å². The van der Waals surface area contributed by atoms with E-state index in [0.717, 1.165) is 42.1 Å². The molecule has 8 heteroatoms. The lowest BCUT2D eigenvalue weighted by molar-refractivity contribution is -0.117. The summed E-state index contributed by atoms with van der Waals surface area (Å²) in [6.45, 7) is 3.12. The predicted molar refractivity (Wildman–Crippen MR) is 90.9 cm³/mol. The molecule has 0 saturated carbocycles. The highest BCUT2D eigenvalue weighted by molar-refractivity contribution is 7.08. The molecule has 0 atom stereocenters. The first kappa shape index (κ1) is 16.5. The van der Waals surface area contributed by atoms with Gasteiger partial charge in [0.2, 0.25) is 5.91 Å². The number of nitrogens with zero attached hydrogens (tertiary/aromatic N) is 4. The van der Waals surface area contributed by atoms with E-state index in [1.165, 1.54) is 0 Å². The van der Waals surface area contributed by atoms with Crippen molar-refractivity contribution in [3.05, 3.63) is 34.5 Å². The minimum absolute atomic E-state index is 0.101. The van der Waals surface area contributed by atoms with Gasteiger partial charge in [-0.1, -0.05) is 17.8 Å². The summed E-state index contributed by atoms with van der Waals surface area (Å²) in [5.74, 6) is 0.586. The first-order chi connectivity index (χ1) is 11.7. The Bertz CT molecular complexity index is 746. The fourth-order valence-corrected chi connectivity index (χ4v) is 3.28. The molecular weight excluding hydrogens is 326 g/mol. The van der Waals surface area contributed by atoms with E-state index >= 15 is 0 Å². The lowest BCUT2D eigenvalue weighted by Crippen LogP contribution is -2.26. The summed E-state index contributed by atoms with van der Waals surface area (Å²) in [5, 5.41) is 6.90. The molecule has 1 fully saturated rings. The van der Waals surface area contributed by atoms with Gasteiger partial charge in [0.15, 0.2) is 0 Å². The maximum absolute atomic E-state index is 12.3. The van der Waals surface area contributed by atoms with Crippen molar-refractivity contribution in [2.75, 3.05) is 11.4 Å². The second-order valence-electron chi connectivity index (χ2n) is 5.65. The average Bonchev–Trinajstić information content (AvgIpc) is 3.22. The van der Waals surface area contributed by atoms with Crippen LogP contribution >= 0.6 is 11.5 Å². The summed E-state index contributed by atoms with van der Waals surface area (Å²) in [7, 11) is 0. The van der Waals surface area contributed by atoms with Gasteiger partial charge >= 0.3 is 0 Å². The zero-order valence-corrected chi connectivity index (χ0v) is 14.3. The van der Waals surface area contributed by atoms with Crippen LogP contribution in [0.1, 0.15) is 47.1 Å². The molecule has 2 amide bonds. The molecule has 0 aliphatic carbocycles. The quantitative estimate of drug-likeness (QED) is 0.864. The van der Waals surface area contributed by atoms with Crippen molar-refractivity contribution >= 4 is 29.2 Å². The van der Waals surface area contributed by atoms with Crippen LogP contribution in [0.15, 0.2) is 18.3 Å². The molecule has 7 nitrogen and oxygen atoms in total. The van der Waals surface area contributed by atoms with Gasteiger partial charge in [0.25, 0.3) is 5.91 Å². The highest BCUT2D eigenvalue weighted by Crippen LogP contribution is 2.20. The first-order valence-electron chi connectivity index (χ1n) is 8.03. The Labute approximate surface area is 144 Å². The van der Waals surface area contributed by atoms with Gasteiger partial charge in [-0.3, -0.25) is 14.5 Å². The normalized spacial score (nSPS) is 14.2. The van der Waals surface area contributed by atoms with Gasteiger partial charge < -0.3 is 5.32 Å². The first-order valence-corrected chi connectivity index (χ1v) is 8.81. The van der Waals surface area contributed by atoms with Crippen LogP contribution in [0.25, 0.3) is 0 Å². The lowest BCUT2D eigenvalue weighted by Gasteiger charge is -2.15. The van der Waals surface area contributed by atoms with Crippen molar-refractivity contribution in [2.24, 2.45) is 0 Å².